The van der Waals surface area contributed by atoms with E-state index in [2.05, 4.69) is 0 Å². The van der Waals surface area contributed by atoms with Gasteiger partial charge in [0.25, 0.3) is 0 Å². The van der Waals surface area contributed by atoms with Gasteiger partial charge in [-0.1, -0.05) is 0 Å². The van der Waals surface area contributed by atoms with E-state index in [0.29, 0.717) is 13.2 Å². The number of carboxylic acid groups (broad SMARTS) is 1. The minimum atomic E-state index is -0.774. The molecule has 0 rings (SSSR count). The van der Waals surface area contributed by atoms with Crippen LogP contribution < -0.4 is 0 Å². The number of carboxylic acids is 1. The third-order valence-electron chi connectivity index (χ3n) is 1.77. The van der Waals surface area contributed by atoms with Crippen molar-refractivity contribution >= 4 is 17.7 Å². The van der Waals surface area contributed by atoms with E-state index in [9.17, 15) is 4.79 Å². The van der Waals surface area contributed by atoms with E-state index in [1.54, 1.807) is 6.92 Å². The van der Waals surface area contributed by atoms with Crippen LogP contribution in [0, 0.1) is 0 Å². The molecule has 0 bridgehead atoms. The normalized spacial score (nSPS) is 13.1. The predicted molar refractivity (Wildman–Crippen MR) is 61.2 cm³/mol. The van der Waals surface area contributed by atoms with E-state index in [0.717, 1.165) is 12.2 Å². The van der Waals surface area contributed by atoms with Crippen molar-refractivity contribution in [3.8, 4) is 0 Å². The fourth-order valence-corrected chi connectivity index (χ4v) is 1.82. The van der Waals surface area contributed by atoms with Crippen LogP contribution in [-0.4, -0.2) is 41.6 Å². The number of aliphatic carboxylic acids is 1. The van der Waals surface area contributed by atoms with E-state index in [1.807, 2.05) is 13.8 Å². The molecule has 0 aromatic rings. The molecule has 0 saturated carbocycles. The highest BCUT2D eigenvalue weighted by Gasteiger charge is 2.13. The summed E-state index contributed by atoms with van der Waals surface area (Å²) in [7, 11) is 0. The van der Waals surface area contributed by atoms with Crippen LogP contribution in [0.3, 0.4) is 0 Å². The van der Waals surface area contributed by atoms with Crippen molar-refractivity contribution in [2.75, 3.05) is 19.0 Å². The van der Waals surface area contributed by atoms with Gasteiger partial charge in [-0.2, -0.15) is 0 Å². The summed E-state index contributed by atoms with van der Waals surface area (Å²) >= 11 is 1.41. The lowest BCUT2D eigenvalue weighted by molar-refractivity contribution is -0.137. The summed E-state index contributed by atoms with van der Waals surface area (Å²) in [6.45, 7) is 6.75. The average Bonchev–Trinajstić information content (AvgIpc) is 2.18. The summed E-state index contributed by atoms with van der Waals surface area (Å²) < 4.78 is 10.7. The Morgan fingerprint density at radius 1 is 1.33 bits per heavy atom. The molecular weight excluding hydrogens is 216 g/mol. The summed E-state index contributed by atoms with van der Waals surface area (Å²) in [6, 6.07) is 0. The highest BCUT2D eigenvalue weighted by Crippen LogP contribution is 2.14. The van der Waals surface area contributed by atoms with Crippen LogP contribution in [0.1, 0.15) is 27.2 Å². The number of ether oxygens (including phenoxy) is 2. The SMILES string of the molecule is CCOC(CCSC(C)C(=O)O)OCC. The molecule has 0 fully saturated rings. The average molecular weight is 236 g/mol. The Kier molecular flexibility index (Phi) is 8.85. The first-order valence-corrected chi connectivity index (χ1v) is 6.24. The predicted octanol–water partition coefficient (Wildman–Crippen LogP) is 1.98. The molecule has 0 aliphatic rings. The Morgan fingerprint density at radius 3 is 2.27 bits per heavy atom. The molecule has 0 aliphatic heterocycles. The molecule has 4 nitrogen and oxygen atoms in total. The highest BCUT2D eigenvalue weighted by molar-refractivity contribution is 8.00. The van der Waals surface area contributed by atoms with Crippen molar-refractivity contribution in [1.82, 2.24) is 0 Å². The molecule has 90 valence electrons. The number of rotatable bonds is 9. The zero-order chi connectivity index (χ0) is 11.7. The van der Waals surface area contributed by atoms with Crippen LogP contribution in [0.2, 0.25) is 0 Å². The van der Waals surface area contributed by atoms with Crippen molar-refractivity contribution in [3.05, 3.63) is 0 Å². The lowest BCUT2D eigenvalue weighted by Crippen LogP contribution is -2.19. The van der Waals surface area contributed by atoms with Gasteiger partial charge >= 0.3 is 5.97 Å². The zero-order valence-electron chi connectivity index (χ0n) is 9.56. The molecule has 5 heteroatoms. The summed E-state index contributed by atoms with van der Waals surface area (Å²) in [6.07, 6.45) is 0.526. The van der Waals surface area contributed by atoms with Gasteiger partial charge in [-0.05, 0) is 26.5 Å². The van der Waals surface area contributed by atoms with E-state index in [1.165, 1.54) is 11.8 Å². The fraction of sp³-hybridized carbons (Fsp3) is 0.900. The van der Waals surface area contributed by atoms with Gasteiger partial charge in [0, 0.05) is 19.6 Å². The fourth-order valence-electron chi connectivity index (χ4n) is 0.999. The van der Waals surface area contributed by atoms with Gasteiger partial charge in [-0.3, -0.25) is 4.79 Å². The maximum atomic E-state index is 10.5. The molecule has 1 N–H and O–H groups in total. The van der Waals surface area contributed by atoms with Crippen molar-refractivity contribution in [1.29, 1.82) is 0 Å². The molecule has 1 unspecified atom stereocenters. The lowest BCUT2D eigenvalue weighted by Gasteiger charge is -2.16. The quantitative estimate of drug-likeness (QED) is 0.620. The Hall–Kier alpha value is -0.260. The van der Waals surface area contributed by atoms with Gasteiger partial charge < -0.3 is 14.6 Å². The first kappa shape index (κ1) is 14.7. The molecule has 0 amide bonds. The van der Waals surface area contributed by atoms with Crippen molar-refractivity contribution in [3.63, 3.8) is 0 Å². The van der Waals surface area contributed by atoms with Gasteiger partial charge in [-0.25, -0.2) is 0 Å². The van der Waals surface area contributed by atoms with Crippen LogP contribution in [0.5, 0.6) is 0 Å². The van der Waals surface area contributed by atoms with E-state index in [4.69, 9.17) is 14.6 Å². The topological polar surface area (TPSA) is 55.8 Å². The Balaban J connectivity index is 3.64. The number of carbonyl (C=O) groups is 1. The molecule has 0 aliphatic carbocycles. The van der Waals surface area contributed by atoms with Crippen LogP contribution in [0.15, 0.2) is 0 Å². The lowest BCUT2D eigenvalue weighted by atomic mass is 10.4. The smallest absolute Gasteiger partial charge is 0.316 e. The van der Waals surface area contributed by atoms with Gasteiger partial charge in [0.2, 0.25) is 0 Å². The molecule has 15 heavy (non-hydrogen) atoms. The minimum absolute atomic E-state index is 0.200. The van der Waals surface area contributed by atoms with Gasteiger partial charge in [-0.15, -0.1) is 11.8 Å². The first-order chi connectivity index (χ1) is 7.11. The molecule has 1 atom stereocenters. The molecule has 0 radical (unpaired) electrons. The molecule has 0 heterocycles. The second kappa shape index (κ2) is 9.00. The van der Waals surface area contributed by atoms with Gasteiger partial charge in [0.05, 0.1) is 5.25 Å². The number of hydrogen-bond donors (Lipinski definition) is 1. The van der Waals surface area contributed by atoms with Gasteiger partial charge in [0.1, 0.15) is 0 Å². The second-order valence-electron chi connectivity index (χ2n) is 2.98. The van der Waals surface area contributed by atoms with Crippen LogP contribution in [0.4, 0.5) is 0 Å². The van der Waals surface area contributed by atoms with Crippen LogP contribution in [-0.2, 0) is 14.3 Å². The summed E-state index contributed by atoms with van der Waals surface area (Å²) in [5.74, 6) is -0.0395. The first-order valence-electron chi connectivity index (χ1n) is 5.19. The van der Waals surface area contributed by atoms with E-state index >= 15 is 0 Å². The largest absolute Gasteiger partial charge is 0.480 e. The van der Waals surface area contributed by atoms with Gasteiger partial charge in [0.15, 0.2) is 6.29 Å². The molecular formula is C10H20O4S. The molecule has 0 aromatic carbocycles. The van der Waals surface area contributed by atoms with Crippen molar-refractivity contribution in [2.24, 2.45) is 0 Å². The molecule has 0 aromatic heterocycles. The molecule has 0 spiro atoms. The summed E-state index contributed by atoms with van der Waals surface area (Å²) in [5, 5.41) is 8.30. The Morgan fingerprint density at radius 2 is 1.87 bits per heavy atom. The second-order valence-corrected chi connectivity index (χ2v) is 4.43. The maximum absolute atomic E-state index is 10.5. The van der Waals surface area contributed by atoms with Crippen LogP contribution in [0.25, 0.3) is 0 Å². The number of thioether (sulfide) groups is 1. The van der Waals surface area contributed by atoms with E-state index < -0.39 is 5.97 Å². The summed E-state index contributed by atoms with van der Waals surface area (Å²) in [4.78, 5) is 10.5. The standard InChI is InChI=1S/C10H20O4S/c1-4-13-9(14-5-2)6-7-15-8(3)10(11)12/h8-9H,4-7H2,1-3H3,(H,11,12). The Labute approximate surface area is 95.3 Å². The summed E-state index contributed by atoms with van der Waals surface area (Å²) in [5.41, 5.74) is 0. The highest BCUT2D eigenvalue weighted by atomic mass is 32.2. The van der Waals surface area contributed by atoms with Crippen molar-refractivity contribution < 1.29 is 19.4 Å². The third-order valence-corrected chi connectivity index (χ3v) is 2.95. The van der Waals surface area contributed by atoms with E-state index in [-0.39, 0.29) is 11.5 Å². The number of hydrogen-bond acceptors (Lipinski definition) is 4. The monoisotopic (exact) mass is 236 g/mol. The minimum Gasteiger partial charge on any atom is -0.480 e. The van der Waals surface area contributed by atoms with Crippen LogP contribution >= 0.6 is 11.8 Å². The van der Waals surface area contributed by atoms with Crippen molar-refractivity contribution in [2.45, 2.75) is 38.7 Å². The maximum Gasteiger partial charge on any atom is 0.316 e. The zero-order valence-corrected chi connectivity index (χ0v) is 10.4. The third kappa shape index (κ3) is 7.64. The molecule has 0 saturated heterocycles. The Bertz CT molecular complexity index is 169.